The van der Waals surface area contributed by atoms with E-state index in [4.69, 9.17) is 4.18 Å². The summed E-state index contributed by atoms with van der Waals surface area (Å²) < 4.78 is 29.0. The van der Waals surface area contributed by atoms with Crippen molar-refractivity contribution < 1.29 is 12.6 Å². The number of aryl methyl sites for hydroxylation is 1. The Balaban J connectivity index is 2.53. The van der Waals surface area contributed by atoms with E-state index in [2.05, 4.69) is 6.08 Å². The van der Waals surface area contributed by atoms with Gasteiger partial charge in [0, 0.05) is 0 Å². The fourth-order valence-electron chi connectivity index (χ4n) is 1.61. The zero-order valence-electron chi connectivity index (χ0n) is 11.8. The molecule has 1 aromatic carbocycles. The van der Waals surface area contributed by atoms with E-state index in [1.807, 2.05) is 26.8 Å². The molecule has 0 fully saturated rings. The molecule has 1 rings (SSSR count). The van der Waals surface area contributed by atoms with Crippen molar-refractivity contribution in [2.45, 2.75) is 38.5 Å². The van der Waals surface area contributed by atoms with Gasteiger partial charge in [0.2, 0.25) is 0 Å². The van der Waals surface area contributed by atoms with Crippen molar-refractivity contribution in [3.63, 3.8) is 0 Å². The molecule has 0 heterocycles. The van der Waals surface area contributed by atoms with Crippen molar-refractivity contribution in [1.29, 1.82) is 0 Å². The molecule has 0 spiro atoms. The second kappa shape index (κ2) is 7.46. The summed E-state index contributed by atoms with van der Waals surface area (Å²) in [6, 6.07) is 6.70. The standard InChI is InChI=1S/C15H22O3S/c1-4-5-6-7-14(3)12-18-19(16,17)15-10-8-13(2)9-11-15/h4-5,8-11,14H,6-7,12H2,1-3H3/b5-4+. The molecule has 0 aliphatic rings. The maximum absolute atomic E-state index is 11.9. The summed E-state index contributed by atoms with van der Waals surface area (Å²) in [6.45, 7) is 6.12. The van der Waals surface area contributed by atoms with Crippen LogP contribution in [0.3, 0.4) is 0 Å². The van der Waals surface area contributed by atoms with Crippen LogP contribution in [0.5, 0.6) is 0 Å². The minimum Gasteiger partial charge on any atom is -0.266 e. The highest BCUT2D eigenvalue weighted by molar-refractivity contribution is 7.86. The molecule has 0 radical (unpaired) electrons. The lowest BCUT2D eigenvalue weighted by atomic mass is 10.1. The molecule has 0 saturated heterocycles. The fraction of sp³-hybridized carbons (Fsp3) is 0.467. The molecule has 0 aliphatic carbocycles. The van der Waals surface area contributed by atoms with Gasteiger partial charge in [0.1, 0.15) is 0 Å². The number of hydrogen-bond acceptors (Lipinski definition) is 3. The topological polar surface area (TPSA) is 43.4 Å². The lowest BCUT2D eigenvalue weighted by Gasteiger charge is -2.11. The summed E-state index contributed by atoms with van der Waals surface area (Å²) in [5.74, 6) is 0.219. The van der Waals surface area contributed by atoms with Gasteiger partial charge in [-0.05, 0) is 44.7 Å². The molecular weight excluding hydrogens is 260 g/mol. The summed E-state index contributed by atoms with van der Waals surface area (Å²) in [5.41, 5.74) is 1.03. The van der Waals surface area contributed by atoms with Gasteiger partial charge >= 0.3 is 0 Å². The molecule has 1 aromatic rings. The van der Waals surface area contributed by atoms with E-state index in [1.54, 1.807) is 24.3 Å². The Hall–Kier alpha value is -1.13. The van der Waals surface area contributed by atoms with Gasteiger partial charge in [-0.15, -0.1) is 0 Å². The van der Waals surface area contributed by atoms with Crippen LogP contribution >= 0.6 is 0 Å². The molecule has 106 valence electrons. The van der Waals surface area contributed by atoms with E-state index in [9.17, 15) is 8.42 Å². The van der Waals surface area contributed by atoms with E-state index in [1.165, 1.54) is 0 Å². The van der Waals surface area contributed by atoms with Crippen molar-refractivity contribution in [3.8, 4) is 0 Å². The first-order valence-corrected chi connectivity index (χ1v) is 7.94. The van der Waals surface area contributed by atoms with Gasteiger partial charge in [-0.2, -0.15) is 8.42 Å². The first-order chi connectivity index (χ1) is 8.95. The van der Waals surface area contributed by atoms with Crippen LogP contribution in [-0.2, 0) is 14.3 Å². The third-order valence-electron chi connectivity index (χ3n) is 2.88. The Kier molecular flexibility index (Phi) is 6.25. The van der Waals surface area contributed by atoms with Crippen molar-refractivity contribution in [3.05, 3.63) is 42.0 Å². The Morgan fingerprint density at radius 2 is 1.89 bits per heavy atom. The van der Waals surface area contributed by atoms with Crippen LogP contribution < -0.4 is 0 Å². The second-order valence-electron chi connectivity index (χ2n) is 4.80. The molecule has 4 heteroatoms. The second-order valence-corrected chi connectivity index (χ2v) is 6.42. The normalized spacial score (nSPS) is 13.8. The molecule has 0 aromatic heterocycles. The molecule has 0 aliphatic heterocycles. The molecule has 3 nitrogen and oxygen atoms in total. The van der Waals surface area contributed by atoms with Crippen molar-refractivity contribution in [1.82, 2.24) is 0 Å². The summed E-state index contributed by atoms with van der Waals surface area (Å²) in [6.07, 6.45) is 5.95. The highest BCUT2D eigenvalue weighted by atomic mass is 32.2. The Bertz CT molecular complexity index is 501. The van der Waals surface area contributed by atoms with Crippen molar-refractivity contribution >= 4 is 10.1 Å². The number of hydrogen-bond donors (Lipinski definition) is 0. The van der Waals surface area contributed by atoms with E-state index in [-0.39, 0.29) is 17.4 Å². The maximum atomic E-state index is 11.9. The first kappa shape index (κ1) is 15.9. The van der Waals surface area contributed by atoms with Gasteiger partial charge in [-0.25, -0.2) is 0 Å². The highest BCUT2D eigenvalue weighted by Crippen LogP contribution is 2.15. The van der Waals surface area contributed by atoms with Gasteiger partial charge in [-0.1, -0.05) is 36.8 Å². The molecule has 1 atom stereocenters. The van der Waals surface area contributed by atoms with Crippen LogP contribution in [0.2, 0.25) is 0 Å². The fourth-order valence-corrected chi connectivity index (χ4v) is 2.63. The van der Waals surface area contributed by atoms with Crippen LogP contribution in [0.4, 0.5) is 0 Å². The van der Waals surface area contributed by atoms with E-state index >= 15 is 0 Å². The molecular formula is C15H22O3S. The van der Waals surface area contributed by atoms with Gasteiger partial charge in [0.25, 0.3) is 10.1 Å². The maximum Gasteiger partial charge on any atom is 0.296 e. The zero-order valence-corrected chi connectivity index (χ0v) is 12.6. The molecule has 1 unspecified atom stereocenters. The van der Waals surface area contributed by atoms with Crippen molar-refractivity contribution in [2.75, 3.05) is 6.61 Å². The van der Waals surface area contributed by atoms with Crippen LogP contribution in [0.15, 0.2) is 41.3 Å². The van der Waals surface area contributed by atoms with Crippen LogP contribution in [0, 0.1) is 12.8 Å². The molecule has 19 heavy (non-hydrogen) atoms. The van der Waals surface area contributed by atoms with Gasteiger partial charge in [0.15, 0.2) is 0 Å². The first-order valence-electron chi connectivity index (χ1n) is 6.53. The van der Waals surface area contributed by atoms with Crippen LogP contribution in [0.25, 0.3) is 0 Å². The predicted molar refractivity (Wildman–Crippen MR) is 77.5 cm³/mol. The minimum atomic E-state index is -3.62. The average Bonchev–Trinajstić information content (AvgIpc) is 2.37. The highest BCUT2D eigenvalue weighted by Gasteiger charge is 2.16. The van der Waals surface area contributed by atoms with Gasteiger partial charge in [-0.3, -0.25) is 4.18 Å². The monoisotopic (exact) mass is 282 g/mol. The SMILES string of the molecule is C/C=C/CCC(C)COS(=O)(=O)c1ccc(C)cc1. The predicted octanol–water partition coefficient (Wildman–Crippen LogP) is 3.69. The average molecular weight is 282 g/mol. The third kappa shape index (κ3) is 5.57. The lowest BCUT2D eigenvalue weighted by molar-refractivity contribution is 0.258. The van der Waals surface area contributed by atoms with Gasteiger partial charge in [0.05, 0.1) is 11.5 Å². The van der Waals surface area contributed by atoms with Crippen molar-refractivity contribution in [2.24, 2.45) is 5.92 Å². The summed E-state index contributed by atoms with van der Waals surface area (Å²) >= 11 is 0. The van der Waals surface area contributed by atoms with E-state index < -0.39 is 10.1 Å². The van der Waals surface area contributed by atoms with Crippen LogP contribution in [-0.4, -0.2) is 15.0 Å². The Morgan fingerprint density at radius 3 is 2.47 bits per heavy atom. The van der Waals surface area contributed by atoms with E-state index in [0.29, 0.717) is 0 Å². The quantitative estimate of drug-likeness (QED) is 0.566. The number of allylic oxidation sites excluding steroid dienone is 2. The van der Waals surface area contributed by atoms with Crippen LogP contribution in [0.1, 0.15) is 32.3 Å². The third-order valence-corrected chi connectivity index (χ3v) is 4.18. The lowest BCUT2D eigenvalue weighted by Crippen LogP contribution is -2.12. The summed E-state index contributed by atoms with van der Waals surface area (Å²) in [5, 5.41) is 0. The summed E-state index contributed by atoms with van der Waals surface area (Å²) in [4.78, 5) is 0.221. The van der Waals surface area contributed by atoms with Gasteiger partial charge < -0.3 is 0 Å². The number of benzene rings is 1. The number of rotatable bonds is 7. The Morgan fingerprint density at radius 1 is 1.26 bits per heavy atom. The molecule has 0 amide bonds. The largest absolute Gasteiger partial charge is 0.296 e. The minimum absolute atomic E-state index is 0.219. The Labute approximate surface area is 116 Å². The zero-order chi connectivity index (χ0) is 14.3. The smallest absolute Gasteiger partial charge is 0.266 e. The molecule has 0 bridgehead atoms. The van der Waals surface area contributed by atoms with E-state index in [0.717, 1.165) is 18.4 Å². The molecule has 0 saturated carbocycles. The summed E-state index contributed by atoms with van der Waals surface area (Å²) in [7, 11) is -3.62. The molecule has 0 N–H and O–H groups in total.